The summed E-state index contributed by atoms with van der Waals surface area (Å²) >= 11 is 1.68. The zero-order valence-corrected chi connectivity index (χ0v) is 20.6. The lowest BCUT2D eigenvalue weighted by Crippen LogP contribution is -2.27. The predicted octanol–water partition coefficient (Wildman–Crippen LogP) is 4.00. The number of nitrogens with zero attached hydrogens (tertiary/aromatic N) is 4. The molecule has 0 amide bonds. The second kappa shape index (κ2) is 10.4. The fourth-order valence-electron chi connectivity index (χ4n) is 4.07. The molecule has 1 aliphatic rings. The average molecular weight is 489 g/mol. The van der Waals surface area contributed by atoms with Gasteiger partial charge in [-0.2, -0.15) is 0 Å². The molecule has 1 aromatic heterocycles. The lowest BCUT2D eigenvalue weighted by Gasteiger charge is -2.19. The molecular weight excluding hydrogens is 459 g/mol. The maximum atomic E-state index is 13.2. The fraction of sp³-hybridized carbons (Fsp3) is 0.417. The summed E-state index contributed by atoms with van der Waals surface area (Å²) in [5.74, 6) is 1.52. The average Bonchev–Trinajstić information content (AvgIpc) is 3.05. The third kappa shape index (κ3) is 5.65. The summed E-state index contributed by atoms with van der Waals surface area (Å²) < 4.78 is 39.5. The monoisotopic (exact) mass is 488 g/mol. The van der Waals surface area contributed by atoms with Gasteiger partial charge in [0.2, 0.25) is 0 Å². The van der Waals surface area contributed by atoms with E-state index in [4.69, 9.17) is 0 Å². The van der Waals surface area contributed by atoms with Crippen molar-refractivity contribution in [2.24, 2.45) is 7.05 Å². The van der Waals surface area contributed by atoms with E-state index < -0.39 is 9.84 Å². The molecule has 0 radical (unpaired) electrons. The molecule has 9 heteroatoms. The van der Waals surface area contributed by atoms with E-state index >= 15 is 0 Å². The first-order valence-corrected chi connectivity index (χ1v) is 13.9. The van der Waals surface area contributed by atoms with Crippen molar-refractivity contribution in [1.82, 2.24) is 19.7 Å². The molecule has 2 heterocycles. The molecule has 176 valence electrons. The number of thioether (sulfide) groups is 1. The standard InChI is InChI=1S/C24H29FN4O2S2/c1-3-33(30,31)22-10-7-18-11-14-29(15-12-20(18)17-22)13-4-16-32-24-27-26-23(28(24)2)19-5-8-21(25)9-6-19/h5-10,17H,3-4,11-16H2,1-2H3. The zero-order valence-electron chi connectivity index (χ0n) is 19.0. The van der Waals surface area contributed by atoms with Crippen LogP contribution in [0.15, 0.2) is 52.5 Å². The van der Waals surface area contributed by atoms with E-state index in [9.17, 15) is 12.8 Å². The summed E-state index contributed by atoms with van der Waals surface area (Å²) in [5.41, 5.74) is 3.26. The van der Waals surface area contributed by atoms with E-state index in [0.29, 0.717) is 4.90 Å². The van der Waals surface area contributed by atoms with Crippen LogP contribution >= 0.6 is 11.8 Å². The number of hydrogen-bond donors (Lipinski definition) is 0. The number of fused-ring (bicyclic) bond motifs is 1. The Hall–Kier alpha value is -2.23. The van der Waals surface area contributed by atoms with Gasteiger partial charge in [-0.25, -0.2) is 12.8 Å². The van der Waals surface area contributed by atoms with E-state index in [1.165, 1.54) is 17.7 Å². The SMILES string of the molecule is CCS(=O)(=O)c1ccc2c(c1)CCN(CCCSc1nnc(-c3ccc(F)cc3)n1C)CC2. The van der Waals surface area contributed by atoms with Crippen LogP contribution in [0.2, 0.25) is 0 Å². The maximum absolute atomic E-state index is 13.2. The van der Waals surface area contributed by atoms with Crippen LogP contribution in [-0.4, -0.2) is 59.2 Å². The van der Waals surface area contributed by atoms with Crippen molar-refractivity contribution in [2.45, 2.75) is 36.2 Å². The molecule has 0 atom stereocenters. The highest BCUT2D eigenvalue weighted by Gasteiger charge is 2.18. The van der Waals surface area contributed by atoms with Gasteiger partial charge >= 0.3 is 0 Å². The van der Waals surface area contributed by atoms with Crippen molar-refractivity contribution in [2.75, 3.05) is 31.1 Å². The quantitative estimate of drug-likeness (QED) is 0.353. The van der Waals surface area contributed by atoms with Gasteiger partial charge < -0.3 is 9.47 Å². The third-order valence-electron chi connectivity index (χ3n) is 6.10. The maximum Gasteiger partial charge on any atom is 0.191 e. The van der Waals surface area contributed by atoms with Crippen LogP contribution in [0, 0.1) is 5.82 Å². The predicted molar refractivity (Wildman–Crippen MR) is 130 cm³/mol. The molecule has 0 saturated heterocycles. The molecule has 0 N–H and O–H groups in total. The van der Waals surface area contributed by atoms with Crippen molar-refractivity contribution < 1.29 is 12.8 Å². The normalized spacial score (nSPS) is 14.8. The highest BCUT2D eigenvalue weighted by Crippen LogP contribution is 2.24. The van der Waals surface area contributed by atoms with Crippen molar-refractivity contribution in [1.29, 1.82) is 0 Å². The molecule has 0 spiro atoms. The molecule has 6 nitrogen and oxygen atoms in total. The number of halogens is 1. The van der Waals surface area contributed by atoms with Gasteiger partial charge in [-0.1, -0.05) is 24.8 Å². The molecule has 0 bridgehead atoms. The van der Waals surface area contributed by atoms with Crippen LogP contribution in [0.25, 0.3) is 11.4 Å². The molecule has 33 heavy (non-hydrogen) atoms. The minimum Gasteiger partial charge on any atom is -0.305 e. The largest absolute Gasteiger partial charge is 0.305 e. The Morgan fingerprint density at radius 1 is 1.03 bits per heavy atom. The van der Waals surface area contributed by atoms with Crippen LogP contribution < -0.4 is 0 Å². The van der Waals surface area contributed by atoms with Crippen molar-refractivity contribution in [3.63, 3.8) is 0 Å². The Morgan fingerprint density at radius 2 is 1.76 bits per heavy atom. The number of sulfone groups is 1. The minimum atomic E-state index is -3.17. The van der Waals surface area contributed by atoms with Crippen LogP contribution in [0.3, 0.4) is 0 Å². The summed E-state index contributed by atoms with van der Waals surface area (Å²) in [6, 6.07) is 11.9. The summed E-state index contributed by atoms with van der Waals surface area (Å²) in [5, 5.41) is 9.41. The Kier molecular flexibility index (Phi) is 7.51. The van der Waals surface area contributed by atoms with Crippen LogP contribution in [0.1, 0.15) is 24.5 Å². The summed E-state index contributed by atoms with van der Waals surface area (Å²) in [4.78, 5) is 2.90. The van der Waals surface area contributed by atoms with Crippen molar-refractivity contribution in [3.05, 3.63) is 59.4 Å². The summed E-state index contributed by atoms with van der Waals surface area (Å²) in [6.07, 6.45) is 2.84. The van der Waals surface area contributed by atoms with Gasteiger partial charge in [0.05, 0.1) is 10.6 Å². The van der Waals surface area contributed by atoms with E-state index in [-0.39, 0.29) is 11.6 Å². The first-order chi connectivity index (χ1) is 15.9. The molecule has 0 saturated carbocycles. The molecule has 0 unspecified atom stereocenters. The van der Waals surface area contributed by atoms with Gasteiger partial charge in [0.15, 0.2) is 20.8 Å². The van der Waals surface area contributed by atoms with Crippen LogP contribution in [0.4, 0.5) is 4.39 Å². The lowest BCUT2D eigenvalue weighted by atomic mass is 10.0. The fourth-order valence-corrected chi connectivity index (χ4v) is 5.84. The molecule has 4 rings (SSSR count). The zero-order chi connectivity index (χ0) is 23.4. The minimum absolute atomic E-state index is 0.131. The van der Waals surface area contributed by atoms with E-state index in [1.54, 1.807) is 36.9 Å². The first kappa shape index (κ1) is 23.9. The highest BCUT2D eigenvalue weighted by atomic mass is 32.2. The molecule has 2 aromatic carbocycles. The summed E-state index contributed by atoms with van der Waals surface area (Å²) in [6.45, 7) is 4.59. The molecule has 0 aliphatic carbocycles. The smallest absolute Gasteiger partial charge is 0.191 e. The van der Waals surface area contributed by atoms with Crippen LogP contribution in [0.5, 0.6) is 0 Å². The second-order valence-electron chi connectivity index (χ2n) is 8.25. The Balaban J connectivity index is 1.28. The first-order valence-electron chi connectivity index (χ1n) is 11.2. The van der Waals surface area contributed by atoms with Gasteiger partial charge in [-0.05, 0) is 73.3 Å². The van der Waals surface area contributed by atoms with Crippen LogP contribution in [-0.2, 0) is 29.7 Å². The topological polar surface area (TPSA) is 68.1 Å². The van der Waals surface area contributed by atoms with E-state index in [2.05, 4.69) is 15.1 Å². The molecule has 1 aliphatic heterocycles. The van der Waals surface area contributed by atoms with Crippen molar-refractivity contribution >= 4 is 21.6 Å². The van der Waals surface area contributed by atoms with Gasteiger partial charge in [-0.3, -0.25) is 0 Å². The Morgan fingerprint density at radius 3 is 2.48 bits per heavy atom. The van der Waals surface area contributed by atoms with Gasteiger partial charge in [-0.15, -0.1) is 10.2 Å². The van der Waals surface area contributed by atoms with Gasteiger partial charge in [0.25, 0.3) is 0 Å². The second-order valence-corrected chi connectivity index (χ2v) is 11.6. The number of aromatic nitrogens is 3. The number of benzene rings is 2. The Bertz CT molecular complexity index is 1210. The van der Waals surface area contributed by atoms with Gasteiger partial charge in [0.1, 0.15) is 5.82 Å². The third-order valence-corrected chi connectivity index (χ3v) is 8.94. The summed E-state index contributed by atoms with van der Waals surface area (Å²) in [7, 11) is -1.24. The lowest BCUT2D eigenvalue weighted by molar-refractivity contribution is 0.289. The molecular formula is C24H29FN4O2S2. The molecule has 0 fully saturated rings. The van der Waals surface area contributed by atoms with E-state index in [0.717, 1.165) is 66.8 Å². The number of hydrogen-bond acceptors (Lipinski definition) is 6. The van der Waals surface area contributed by atoms with Gasteiger partial charge in [0, 0.05) is 31.5 Å². The van der Waals surface area contributed by atoms with E-state index in [1.807, 2.05) is 23.7 Å². The molecule has 3 aromatic rings. The number of rotatable bonds is 8. The Labute approximate surface area is 199 Å². The van der Waals surface area contributed by atoms with Crippen molar-refractivity contribution in [3.8, 4) is 11.4 Å². The highest BCUT2D eigenvalue weighted by molar-refractivity contribution is 7.99.